The molecule has 0 spiro atoms. The Kier molecular flexibility index (Phi) is 5.87. The lowest BCUT2D eigenvalue weighted by atomic mass is 10.2. The molecule has 1 N–H and O–H groups in total. The third-order valence-electron chi connectivity index (χ3n) is 4.26. The van der Waals surface area contributed by atoms with Crippen molar-refractivity contribution in [3.63, 3.8) is 0 Å². The highest BCUT2D eigenvalue weighted by Gasteiger charge is 2.13. The molecule has 1 saturated heterocycles. The Labute approximate surface area is 156 Å². The number of hydrogen-bond donors (Lipinski definition) is 1. The number of carbonyl (C=O) groups excluding carboxylic acids is 1. The summed E-state index contributed by atoms with van der Waals surface area (Å²) in [6.07, 6.45) is 0. The van der Waals surface area contributed by atoms with Gasteiger partial charge in [-0.05, 0) is 43.3 Å². The van der Waals surface area contributed by atoms with Gasteiger partial charge in [-0.15, -0.1) is 0 Å². The second-order valence-electron chi connectivity index (χ2n) is 6.19. The average molecular weight is 371 g/mol. The standard InChI is InChI=1S/C19H21N3O5/c1-14-12-17(6-7-18(14)22(24)25)27-13-19(23)20-15-2-4-16(5-3-15)21-8-10-26-11-9-21/h2-7,12H,8-11,13H2,1H3,(H,20,23). The molecule has 0 saturated carbocycles. The van der Waals surface area contributed by atoms with Crippen molar-refractivity contribution in [1.82, 2.24) is 0 Å². The molecule has 2 aromatic rings. The van der Waals surface area contributed by atoms with E-state index in [4.69, 9.17) is 9.47 Å². The van der Waals surface area contributed by atoms with Crippen molar-refractivity contribution in [2.45, 2.75) is 6.92 Å². The Hall–Kier alpha value is -3.13. The van der Waals surface area contributed by atoms with Crippen LogP contribution in [0.15, 0.2) is 42.5 Å². The van der Waals surface area contributed by atoms with Crippen LogP contribution in [0.25, 0.3) is 0 Å². The predicted molar refractivity (Wildman–Crippen MR) is 101 cm³/mol. The molecule has 1 aliphatic rings. The Morgan fingerprint density at radius 3 is 2.56 bits per heavy atom. The zero-order valence-corrected chi connectivity index (χ0v) is 15.0. The summed E-state index contributed by atoms with van der Waals surface area (Å²) in [6.45, 7) is 4.60. The van der Waals surface area contributed by atoms with E-state index in [0.717, 1.165) is 32.0 Å². The number of amides is 1. The molecule has 1 amide bonds. The molecule has 1 fully saturated rings. The number of rotatable bonds is 6. The molecule has 0 radical (unpaired) electrons. The first kappa shape index (κ1) is 18.7. The Morgan fingerprint density at radius 1 is 1.22 bits per heavy atom. The molecule has 0 aromatic heterocycles. The van der Waals surface area contributed by atoms with Gasteiger partial charge in [0, 0.05) is 36.1 Å². The van der Waals surface area contributed by atoms with Gasteiger partial charge >= 0.3 is 0 Å². The maximum absolute atomic E-state index is 12.1. The van der Waals surface area contributed by atoms with E-state index >= 15 is 0 Å². The summed E-state index contributed by atoms with van der Waals surface area (Å²) in [5.74, 6) is 0.112. The third kappa shape index (κ3) is 4.95. The van der Waals surface area contributed by atoms with Gasteiger partial charge in [0.05, 0.1) is 18.1 Å². The van der Waals surface area contributed by atoms with Gasteiger partial charge in [0.25, 0.3) is 11.6 Å². The molecule has 142 valence electrons. The van der Waals surface area contributed by atoms with Gasteiger partial charge in [0.1, 0.15) is 5.75 Å². The second kappa shape index (κ2) is 8.50. The summed E-state index contributed by atoms with van der Waals surface area (Å²) in [4.78, 5) is 24.7. The van der Waals surface area contributed by atoms with Crippen LogP contribution < -0.4 is 15.0 Å². The molecule has 0 aliphatic carbocycles. The van der Waals surface area contributed by atoms with Gasteiger partial charge in [-0.1, -0.05) is 0 Å². The number of benzene rings is 2. The molecule has 0 unspecified atom stereocenters. The summed E-state index contributed by atoms with van der Waals surface area (Å²) in [7, 11) is 0. The fourth-order valence-electron chi connectivity index (χ4n) is 2.85. The van der Waals surface area contributed by atoms with Crippen LogP contribution in [-0.2, 0) is 9.53 Å². The number of morpholine rings is 1. The molecule has 8 nitrogen and oxygen atoms in total. The molecule has 1 aliphatic heterocycles. The van der Waals surface area contributed by atoms with Crippen molar-refractivity contribution < 1.29 is 19.2 Å². The fourth-order valence-corrected chi connectivity index (χ4v) is 2.85. The molecule has 8 heteroatoms. The highest BCUT2D eigenvalue weighted by Crippen LogP contribution is 2.23. The summed E-state index contributed by atoms with van der Waals surface area (Å²) in [5.41, 5.74) is 2.28. The maximum atomic E-state index is 12.1. The van der Waals surface area contributed by atoms with E-state index < -0.39 is 4.92 Å². The first-order valence-electron chi connectivity index (χ1n) is 8.63. The first-order chi connectivity index (χ1) is 13.0. The number of hydrogen-bond acceptors (Lipinski definition) is 6. The normalized spacial score (nSPS) is 13.9. The number of nitro groups is 1. The summed E-state index contributed by atoms with van der Waals surface area (Å²) >= 11 is 0. The topological polar surface area (TPSA) is 93.9 Å². The zero-order valence-electron chi connectivity index (χ0n) is 15.0. The first-order valence-corrected chi connectivity index (χ1v) is 8.63. The number of aryl methyl sites for hydroxylation is 1. The number of anilines is 2. The summed E-state index contributed by atoms with van der Waals surface area (Å²) < 4.78 is 10.8. The van der Waals surface area contributed by atoms with Gasteiger partial charge < -0.3 is 19.7 Å². The van der Waals surface area contributed by atoms with Gasteiger partial charge in [-0.25, -0.2) is 0 Å². The van der Waals surface area contributed by atoms with Gasteiger partial charge in [-0.2, -0.15) is 0 Å². The average Bonchev–Trinajstić information content (AvgIpc) is 2.67. The van der Waals surface area contributed by atoms with E-state index in [-0.39, 0.29) is 18.2 Å². The zero-order chi connectivity index (χ0) is 19.2. The van der Waals surface area contributed by atoms with Gasteiger partial charge in [-0.3, -0.25) is 14.9 Å². The van der Waals surface area contributed by atoms with Crippen LogP contribution in [0.2, 0.25) is 0 Å². The minimum absolute atomic E-state index is 0.0205. The Bertz CT molecular complexity index is 817. The van der Waals surface area contributed by atoms with Crippen molar-refractivity contribution in [2.24, 2.45) is 0 Å². The van der Waals surface area contributed by atoms with Crippen LogP contribution >= 0.6 is 0 Å². The van der Waals surface area contributed by atoms with Crippen LogP contribution in [-0.4, -0.2) is 43.7 Å². The van der Waals surface area contributed by atoms with E-state index in [9.17, 15) is 14.9 Å². The molecule has 0 bridgehead atoms. The van der Waals surface area contributed by atoms with E-state index in [1.165, 1.54) is 12.1 Å². The largest absolute Gasteiger partial charge is 0.484 e. The van der Waals surface area contributed by atoms with Crippen molar-refractivity contribution in [2.75, 3.05) is 43.1 Å². The van der Waals surface area contributed by atoms with Crippen molar-refractivity contribution >= 4 is 23.0 Å². The molecule has 0 atom stereocenters. The predicted octanol–water partition coefficient (Wildman–Crippen LogP) is 2.76. The highest BCUT2D eigenvalue weighted by atomic mass is 16.6. The Morgan fingerprint density at radius 2 is 1.93 bits per heavy atom. The van der Waals surface area contributed by atoms with Crippen LogP contribution in [0.4, 0.5) is 17.1 Å². The highest BCUT2D eigenvalue weighted by molar-refractivity contribution is 5.92. The molecule has 3 rings (SSSR count). The lowest BCUT2D eigenvalue weighted by molar-refractivity contribution is -0.385. The lowest BCUT2D eigenvalue weighted by Gasteiger charge is -2.28. The van der Waals surface area contributed by atoms with E-state index in [2.05, 4.69) is 10.2 Å². The van der Waals surface area contributed by atoms with Gasteiger partial charge in [0.15, 0.2) is 6.61 Å². The van der Waals surface area contributed by atoms with Crippen LogP contribution in [0, 0.1) is 17.0 Å². The van der Waals surface area contributed by atoms with Crippen LogP contribution in [0.3, 0.4) is 0 Å². The smallest absolute Gasteiger partial charge is 0.272 e. The summed E-state index contributed by atoms with van der Waals surface area (Å²) in [6, 6.07) is 12.0. The fraction of sp³-hybridized carbons (Fsp3) is 0.316. The number of carbonyl (C=O) groups is 1. The number of nitrogens with zero attached hydrogens (tertiary/aromatic N) is 2. The number of nitrogens with one attached hydrogen (secondary N) is 1. The molecular weight excluding hydrogens is 350 g/mol. The van der Waals surface area contributed by atoms with Crippen molar-refractivity contribution in [3.05, 3.63) is 58.1 Å². The quantitative estimate of drug-likeness (QED) is 0.620. The lowest BCUT2D eigenvalue weighted by Crippen LogP contribution is -2.36. The van der Waals surface area contributed by atoms with Crippen LogP contribution in [0.5, 0.6) is 5.75 Å². The summed E-state index contributed by atoms with van der Waals surface area (Å²) in [5, 5.41) is 13.6. The monoisotopic (exact) mass is 371 g/mol. The molecular formula is C19H21N3O5. The van der Waals surface area contributed by atoms with Gasteiger partial charge in [0.2, 0.25) is 0 Å². The van der Waals surface area contributed by atoms with E-state index in [1.54, 1.807) is 13.0 Å². The molecule has 27 heavy (non-hydrogen) atoms. The van der Waals surface area contributed by atoms with E-state index in [0.29, 0.717) is 17.0 Å². The van der Waals surface area contributed by atoms with E-state index in [1.807, 2.05) is 24.3 Å². The third-order valence-corrected chi connectivity index (χ3v) is 4.26. The minimum Gasteiger partial charge on any atom is -0.484 e. The Balaban J connectivity index is 1.51. The maximum Gasteiger partial charge on any atom is 0.272 e. The second-order valence-corrected chi connectivity index (χ2v) is 6.19. The van der Waals surface area contributed by atoms with Crippen molar-refractivity contribution in [3.8, 4) is 5.75 Å². The minimum atomic E-state index is -0.452. The SMILES string of the molecule is Cc1cc(OCC(=O)Nc2ccc(N3CCOCC3)cc2)ccc1[N+](=O)[O-]. The molecule has 1 heterocycles. The van der Waals surface area contributed by atoms with Crippen molar-refractivity contribution in [1.29, 1.82) is 0 Å². The number of nitro benzene ring substituents is 1. The number of ether oxygens (including phenoxy) is 2. The molecule has 2 aromatic carbocycles. The van der Waals surface area contributed by atoms with Crippen LogP contribution in [0.1, 0.15) is 5.56 Å².